The highest BCUT2D eigenvalue weighted by molar-refractivity contribution is 7.15. The quantitative estimate of drug-likeness (QED) is 0.297. The van der Waals surface area contributed by atoms with E-state index in [1.165, 1.54) is 4.88 Å². The van der Waals surface area contributed by atoms with E-state index >= 15 is 0 Å². The Morgan fingerprint density at radius 1 is 1.10 bits per heavy atom. The Morgan fingerprint density at radius 2 is 2.06 bits per heavy atom. The van der Waals surface area contributed by atoms with Crippen molar-refractivity contribution in [2.75, 3.05) is 17.2 Å². The molecule has 2 aromatic carbocycles. The minimum Gasteiger partial charge on any atom is -0.324 e. The standard InChI is InChI=1S/C21H18N8OS/c30-19(24-13-3-1-12-9-23-29-16(12)8-13)11-2-4-14-17(7-11)26-20(25-14)28-21-27-15-5-6-22-10-18(15)31-21/h1-4,7-9,22H,5-6,10H2,(H,23,29)(H,24,30)(H2,25,26,27,28). The molecule has 6 rings (SSSR count). The molecule has 0 bridgehead atoms. The predicted molar refractivity (Wildman–Crippen MR) is 121 cm³/mol. The van der Waals surface area contributed by atoms with Gasteiger partial charge in [0.2, 0.25) is 5.95 Å². The molecule has 5 N–H and O–H groups in total. The van der Waals surface area contributed by atoms with Crippen molar-refractivity contribution in [3.63, 3.8) is 0 Å². The number of aromatic nitrogens is 5. The van der Waals surface area contributed by atoms with Gasteiger partial charge in [-0.2, -0.15) is 5.10 Å². The van der Waals surface area contributed by atoms with Crippen LogP contribution in [0.5, 0.6) is 0 Å². The van der Waals surface area contributed by atoms with Gasteiger partial charge in [0, 0.05) is 41.0 Å². The Hall–Kier alpha value is -3.76. The summed E-state index contributed by atoms with van der Waals surface area (Å²) in [7, 11) is 0. The van der Waals surface area contributed by atoms with Gasteiger partial charge in [-0.1, -0.05) is 0 Å². The molecule has 0 saturated heterocycles. The summed E-state index contributed by atoms with van der Waals surface area (Å²) in [6.07, 6.45) is 2.69. The number of thiazole rings is 1. The van der Waals surface area contributed by atoms with Gasteiger partial charge in [-0.25, -0.2) is 9.97 Å². The van der Waals surface area contributed by atoms with E-state index in [0.717, 1.165) is 52.3 Å². The maximum Gasteiger partial charge on any atom is 0.255 e. The molecule has 4 heterocycles. The summed E-state index contributed by atoms with van der Waals surface area (Å²) in [6.45, 7) is 1.82. The van der Waals surface area contributed by atoms with Crippen LogP contribution in [0, 0.1) is 0 Å². The molecule has 1 amide bonds. The minimum absolute atomic E-state index is 0.190. The van der Waals surface area contributed by atoms with E-state index in [2.05, 4.69) is 41.1 Å². The van der Waals surface area contributed by atoms with E-state index in [4.69, 9.17) is 0 Å². The van der Waals surface area contributed by atoms with Crippen molar-refractivity contribution in [3.05, 3.63) is 58.7 Å². The second-order valence-electron chi connectivity index (χ2n) is 7.38. The number of anilines is 3. The lowest BCUT2D eigenvalue weighted by atomic mass is 10.1. The van der Waals surface area contributed by atoms with E-state index in [0.29, 0.717) is 17.2 Å². The molecule has 0 aliphatic carbocycles. The number of rotatable bonds is 4. The third kappa shape index (κ3) is 3.41. The third-order valence-corrected chi connectivity index (χ3v) is 6.28. The van der Waals surface area contributed by atoms with Crippen LogP contribution in [-0.2, 0) is 13.0 Å². The number of aromatic amines is 2. The first-order chi connectivity index (χ1) is 15.2. The zero-order valence-corrected chi connectivity index (χ0v) is 17.1. The first-order valence-corrected chi connectivity index (χ1v) is 10.7. The molecular formula is C21H18N8OS. The van der Waals surface area contributed by atoms with Crippen LogP contribution < -0.4 is 16.0 Å². The van der Waals surface area contributed by atoms with E-state index in [-0.39, 0.29) is 5.91 Å². The number of benzene rings is 2. The fraction of sp³-hybridized carbons (Fsp3) is 0.143. The smallest absolute Gasteiger partial charge is 0.255 e. The second kappa shape index (κ2) is 7.18. The number of hydrogen-bond acceptors (Lipinski definition) is 7. The number of hydrogen-bond donors (Lipinski definition) is 5. The number of amides is 1. The molecule has 0 atom stereocenters. The summed E-state index contributed by atoms with van der Waals surface area (Å²) < 4.78 is 0. The normalized spacial score (nSPS) is 13.4. The molecule has 0 unspecified atom stereocenters. The molecule has 3 aromatic heterocycles. The molecule has 0 spiro atoms. The molecule has 10 heteroatoms. The number of carbonyl (C=O) groups excluding carboxylic acids is 1. The van der Waals surface area contributed by atoms with Crippen molar-refractivity contribution in [2.24, 2.45) is 0 Å². The minimum atomic E-state index is -0.190. The SMILES string of the molecule is O=C(Nc1ccc2cn[nH]c2c1)c1ccc2nc(Nc3nc4c(s3)CNCC4)[nH]c2c1. The molecule has 0 fully saturated rings. The summed E-state index contributed by atoms with van der Waals surface area (Å²) in [5, 5.41) is 18.3. The van der Waals surface area contributed by atoms with Gasteiger partial charge in [-0.3, -0.25) is 9.89 Å². The summed E-state index contributed by atoms with van der Waals surface area (Å²) in [6, 6.07) is 11.0. The van der Waals surface area contributed by atoms with Crippen LogP contribution in [0.2, 0.25) is 0 Å². The molecule has 0 saturated carbocycles. The van der Waals surface area contributed by atoms with Crippen molar-refractivity contribution in [1.29, 1.82) is 0 Å². The highest BCUT2D eigenvalue weighted by Gasteiger charge is 2.16. The molecule has 1 aliphatic heterocycles. The highest BCUT2D eigenvalue weighted by Crippen LogP contribution is 2.28. The Kier molecular flexibility index (Phi) is 4.18. The van der Waals surface area contributed by atoms with E-state index in [9.17, 15) is 4.79 Å². The third-order valence-electron chi connectivity index (χ3n) is 5.27. The number of nitrogens with zero attached hydrogens (tertiary/aromatic N) is 3. The lowest BCUT2D eigenvalue weighted by Gasteiger charge is -2.09. The van der Waals surface area contributed by atoms with E-state index in [1.807, 2.05) is 24.3 Å². The Labute approximate surface area is 180 Å². The van der Waals surface area contributed by atoms with Crippen molar-refractivity contribution in [2.45, 2.75) is 13.0 Å². The number of imidazole rings is 1. The zero-order chi connectivity index (χ0) is 20.8. The first-order valence-electron chi connectivity index (χ1n) is 9.92. The average Bonchev–Trinajstić information content (AvgIpc) is 3.49. The van der Waals surface area contributed by atoms with Crippen molar-refractivity contribution < 1.29 is 4.79 Å². The molecule has 1 aliphatic rings. The van der Waals surface area contributed by atoms with Crippen LogP contribution in [0.25, 0.3) is 21.9 Å². The van der Waals surface area contributed by atoms with Crippen LogP contribution in [-0.4, -0.2) is 37.6 Å². The Morgan fingerprint density at radius 3 is 3.00 bits per heavy atom. The molecule has 0 radical (unpaired) electrons. The van der Waals surface area contributed by atoms with E-state index < -0.39 is 0 Å². The van der Waals surface area contributed by atoms with Crippen molar-refractivity contribution >= 4 is 55.9 Å². The molecule has 154 valence electrons. The van der Waals surface area contributed by atoms with Gasteiger partial charge in [0.15, 0.2) is 5.13 Å². The fourth-order valence-corrected chi connectivity index (χ4v) is 4.69. The lowest BCUT2D eigenvalue weighted by Crippen LogP contribution is -2.22. The monoisotopic (exact) mass is 430 g/mol. The number of H-pyrrole nitrogens is 2. The zero-order valence-electron chi connectivity index (χ0n) is 16.3. The summed E-state index contributed by atoms with van der Waals surface area (Å²) >= 11 is 1.63. The van der Waals surface area contributed by atoms with Crippen LogP contribution in [0.4, 0.5) is 16.8 Å². The van der Waals surface area contributed by atoms with Crippen LogP contribution in [0.3, 0.4) is 0 Å². The largest absolute Gasteiger partial charge is 0.324 e. The Bertz CT molecular complexity index is 1410. The van der Waals surface area contributed by atoms with Gasteiger partial charge in [-0.05, 0) is 36.4 Å². The number of carbonyl (C=O) groups is 1. The fourth-order valence-electron chi connectivity index (χ4n) is 3.71. The first kappa shape index (κ1) is 18.0. The van der Waals surface area contributed by atoms with Crippen molar-refractivity contribution in [3.8, 4) is 0 Å². The molecule has 31 heavy (non-hydrogen) atoms. The summed E-state index contributed by atoms with van der Waals surface area (Å²) in [5.74, 6) is 0.418. The molecule has 9 nitrogen and oxygen atoms in total. The maximum atomic E-state index is 12.7. The van der Waals surface area contributed by atoms with Crippen molar-refractivity contribution in [1.82, 2.24) is 30.5 Å². The van der Waals surface area contributed by atoms with Gasteiger partial charge in [-0.15, -0.1) is 11.3 Å². The highest BCUT2D eigenvalue weighted by atomic mass is 32.1. The predicted octanol–water partition coefficient (Wildman–Crippen LogP) is 3.54. The molecular weight excluding hydrogens is 412 g/mol. The van der Waals surface area contributed by atoms with Crippen LogP contribution in [0.1, 0.15) is 20.9 Å². The second-order valence-corrected chi connectivity index (χ2v) is 8.47. The lowest BCUT2D eigenvalue weighted by molar-refractivity contribution is 0.102. The van der Waals surface area contributed by atoms with Crippen LogP contribution in [0.15, 0.2) is 42.6 Å². The van der Waals surface area contributed by atoms with Gasteiger partial charge < -0.3 is 20.9 Å². The Balaban J connectivity index is 1.22. The average molecular weight is 430 g/mol. The van der Waals surface area contributed by atoms with Gasteiger partial charge in [0.25, 0.3) is 5.91 Å². The van der Waals surface area contributed by atoms with Gasteiger partial charge in [0.05, 0.1) is 28.4 Å². The number of nitrogens with one attached hydrogen (secondary N) is 5. The number of fused-ring (bicyclic) bond motifs is 3. The van der Waals surface area contributed by atoms with Crippen LogP contribution >= 0.6 is 11.3 Å². The maximum absolute atomic E-state index is 12.7. The van der Waals surface area contributed by atoms with E-state index in [1.54, 1.807) is 29.7 Å². The topological polar surface area (TPSA) is 123 Å². The van der Waals surface area contributed by atoms with Gasteiger partial charge >= 0.3 is 0 Å². The summed E-state index contributed by atoms with van der Waals surface area (Å²) in [4.78, 5) is 26.5. The molecule has 5 aromatic rings. The van der Waals surface area contributed by atoms with Gasteiger partial charge in [0.1, 0.15) is 0 Å². The summed E-state index contributed by atoms with van der Waals surface area (Å²) in [5.41, 5.74) is 4.83.